The molecule has 26 heteroatoms. The van der Waals surface area contributed by atoms with Crippen LogP contribution >= 0.6 is 23.2 Å². The van der Waals surface area contributed by atoms with Gasteiger partial charge < -0.3 is 57.7 Å². The molecule has 22 rings (SSSR count). The van der Waals surface area contributed by atoms with Crippen molar-refractivity contribution in [1.82, 2.24) is 29.1 Å². The number of anilines is 2. The van der Waals surface area contributed by atoms with E-state index in [9.17, 15) is 27.6 Å². The van der Waals surface area contributed by atoms with Crippen LogP contribution in [0.1, 0.15) is 116 Å². The number of piperidine rings is 1. The van der Waals surface area contributed by atoms with E-state index in [1.165, 1.54) is 34.8 Å². The first kappa shape index (κ1) is 85.9. The number of aromatic nitrogens is 4. The summed E-state index contributed by atoms with van der Waals surface area (Å²) in [5, 5.41) is 3.91. The van der Waals surface area contributed by atoms with Crippen LogP contribution in [-0.2, 0) is 81.4 Å². The van der Waals surface area contributed by atoms with E-state index in [0.29, 0.717) is 95.1 Å². The SMILES string of the molecule is CN(C)Cc1ccccc1-c1cccc(CC(=O)C2(c3ccc4c(c3)OCO4)CC2)n1.O=C(Cc1cccc(-c2ccc(N3CCCCC3)cc2)n1)C1(c2ccc3c(c2)OCO3)CC1.O=C(Cc1cccc(-c2ccc(S(=O)(=O)N3CCOCC3)cc2)n1)C1(c2ccc3c(c2)OCO3)CC1.O=C(Nc1cccc(-c2ccc(Cl)c(Cl)c2)n1)C1(c2ccc3c(c2)OCO3)CC1. The number of carbonyl (C=O) groups excluding carboxylic acids is 4. The molecule has 0 atom stereocenters. The molecule has 8 aromatic carbocycles. The maximum Gasteiger partial charge on any atom is 0.243 e. The van der Waals surface area contributed by atoms with Gasteiger partial charge in [0.25, 0.3) is 0 Å². The number of nitrogens with zero attached hydrogens (tertiary/aromatic N) is 7. The molecule has 23 nitrogen and oxygen atoms in total. The quantitative estimate of drug-likeness (QED) is 0.0589. The molecule has 129 heavy (non-hydrogen) atoms. The molecule has 658 valence electrons. The zero-order valence-corrected chi connectivity index (χ0v) is 73.9. The van der Waals surface area contributed by atoms with Gasteiger partial charge in [-0.3, -0.25) is 34.1 Å². The minimum Gasteiger partial charge on any atom is -0.454 e. The van der Waals surface area contributed by atoms with Gasteiger partial charge in [0.1, 0.15) is 23.2 Å². The molecule has 1 N–H and O–H groups in total. The normalized spacial score (nSPS) is 17.2. The van der Waals surface area contributed by atoms with Gasteiger partial charge in [-0.25, -0.2) is 13.4 Å². The average molecular weight is 1790 g/mol. The van der Waals surface area contributed by atoms with Gasteiger partial charge in [-0.05, 0) is 246 Å². The molecule has 6 fully saturated rings. The minimum absolute atomic E-state index is 0.0739. The van der Waals surface area contributed by atoms with Gasteiger partial charge in [0.15, 0.2) is 46.0 Å². The van der Waals surface area contributed by atoms with Crippen LogP contribution in [0.5, 0.6) is 46.0 Å². The first-order valence-corrected chi connectivity index (χ1v) is 46.1. The highest BCUT2D eigenvalue weighted by atomic mass is 35.5. The number of halogens is 2. The van der Waals surface area contributed by atoms with E-state index < -0.39 is 31.7 Å². The lowest BCUT2D eigenvalue weighted by molar-refractivity contribution is -0.121. The molecule has 4 aliphatic carbocycles. The van der Waals surface area contributed by atoms with Gasteiger partial charge in [0.05, 0.1) is 72.6 Å². The van der Waals surface area contributed by atoms with Gasteiger partial charge in [-0.2, -0.15) is 4.31 Å². The highest BCUT2D eigenvalue weighted by Gasteiger charge is 2.55. The molecule has 1 amide bonds. The highest BCUT2D eigenvalue weighted by molar-refractivity contribution is 7.89. The molecule has 4 aromatic heterocycles. The Morgan fingerprint density at radius 1 is 0.395 bits per heavy atom. The summed E-state index contributed by atoms with van der Waals surface area (Å²) in [7, 11) is 0.567. The first-order valence-electron chi connectivity index (χ1n) is 43.9. The van der Waals surface area contributed by atoms with Crippen molar-refractivity contribution in [3.63, 3.8) is 0 Å². The smallest absolute Gasteiger partial charge is 0.243 e. The van der Waals surface area contributed by atoms with Crippen LogP contribution in [-0.4, -0.2) is 141 Å². The Morgan fingerprint density at radius 2 is 0.798 bits per heavy atom. The molecule has 6 aliphatic heterocycles. The molecule has 4 saturated carbocycles. The highest BCUT2D eigenvalue weighted by Crippen LogP contribution is 2.56. The second-order valence-corrected chi connectivity index (χ2v) is 37.2. The fraction of sp³-hybridized carbons (Fsp3) is 0.301. The van der Waals surface area contributed by atoms with Crippen LogP contribution in [0.25, 0.3) is 45.0 Å². The van der Waals surface area contributed by atoms with Gasteiger partial charge in [0, 0.05) is 97.0 Å². The summed E-state index contributed by atoms with van der Waals surface area (Å²) in [6.45, 7) is 5.55. The molecule has 10 aliphatic rings. The number of ether oxygens (including phenoxy) is 9. The molecule has 0 bridgehead atoms. The van der Waals surface area contributed by atoms with Gasteiger partial charge in [-0.15, -0.1) is 0 Å². The Balaban J connectivity index is 0.000000112. The fourth-order valence-electron chi connectivity index (χ4n) is 17.8. The predicted molar refractivity (Wildman–Crippen MR) is 490 cm³/mol. The number of rotatable bonds is 24. The summed E-state index contributed by atoms with van der Waals surface area (Å²) < 4.78 is 76.1. The predicted octanol–water partition coefficient (Wildman–Crippen LogP) is 18.5. The van der Waals surface area contributed by atoms with E-state index in [-0.39, 0.29) is 61.7 Å². The van der Waals surface area contributed by atoms with Crippen molar-refractivity contribution in [3.8, 4) is 91.0 Å². The molecule has 0 spiro atoms. The number of Topliss-reactive ketones (excluding diaryl/α,β-unsaturated/α-hetero) is 3. The van der Waals surface area contributed by atoms with Crippen molar-refractivity contribution < 1.29 is 70.2 Å². The van der Waals surface area contributed by atoms with Crippen LogP contribution < -0.4 is 48.1 Å². The molecule has 0 radical (unpaired) electrons. The monoisotopic (exact) mass is 1790 g/mol. The number of hydrogen-bond donors (Lipinski definition) is 1. The molecule has 0 unspecified atom stereocenters. The third kappa shape index (κ3) is 18.5. The summed E-state index contributed by atoms with van der Waals surface area (Å²) in [6.07, 6.45) is 11.5. The number of sulfonamides is 1. The van der Waals surface area contributed by atoms with E-state index in [4.69, 9.17) is 80.8 Å². The Kier molecular flexibility index (Phi) is 24.3. The lowest BCUT2D eigenvalue weighted by Crippen LogP contribution is -2.40. The average Bonchev–Trinajstić information content (AvgIpc) is 1.61. The van der Waals surface area contributed by atoms with E-state index in [2.05, 4.69) is 76.7 Å². The zero-order valence-electron chi connectivity index (χ0n) is 71.6. The number of hydrogen-bond acceptors (Lipinski definition) is 21. The maximum absolute atomic E-state index is 13.4. The second kappa shape index (κ2) is 36.5. The number of carbonyl (C=O) groups is 4. The number of morpholine rings is 1. The third-order valence-corrected chi connectivity index (χ3v) is 28.5. The van der Waals surface area contributed by atoms with E-state index in [0.717, 1.165) is 161 Å². The third-order valence-electron chi connectivity index (χ3n) is 25.8. The van der Waals surface area contributed by atoms with Crippen LogP contribution in [0.15, 0.2) is 241 Å². The summed E-state index contributed by atoms with van der Waals surface area (Å²) in [6, 6.07) is 75.3. The Labute approximate surface area is 759 Å². The fourth-order valence-corrected chi connectivity index (χ4v) is 19.6. The van der Waals surface area contributed by atoms with Crippen molar-refractivity contribution in [3.05, 3.63) is 292 Å². The van der Waals surface area contributed by atoms with E-state index >= 15 is 0 Å². The molecular weight excluding hydrogens is 1690 g/mol. The lowest BCUT2D eigenvalue weighted by Gasteiger charge is -2.28. The van der Waals surface area contributed by atoms with Gasteiger partial charge in [-0.1, -0.05) is 126 Å². The largest absolute Gasteiger partial charge is 0.454 e. The zero-order chi connectivity index (χ0) is 88.4. The minimum atomic E-state index is -3.55. The number of nitrogens with one attached hydrogen (secondary N) is 1. The molecular formula is C103H96Cl2N8O15S. The van der Waals surface area contributed by atoms with E-state index in [1.807, 2.05) is 152 Å². The Morgan fingerprint density at radius 3 is 1.25 bits per heavy atom. The number of pyridine rings is 4. The molecule has 12 aromatic rings. The number of ketones is 3. The summed E-state index contributed by atoms with van der Waals surface area (Å²) in [5.41, 5.74) is 14.0. The van der Waals surface area contributed by atoms with Crippen molar-refractivity contribution in [2.24, 2.45) is 0 Å². The number of benzene rings is 8. The topological polar surface area (TPSA) is 259 Å². The van der Waals surface area contributed by atoms with Crippen LogP contribution in [0.2, 0.25) is 10.0 Å². The van der Waals surface area contributed by atoms with Crippen molar-refractivity contribution >= 4 is 68.0 Å². The molecule has 10 heterocycles. The van der Waals surface area contributed by atoms with Crippen LogP contribution in [0.4, 0.5) is 11.5 Å². The van der Waals surface area contributed by atoms with Crippen molar-refractivity contribution in [1.29, 1.82) is 0 Å². The maximum atomic E-state index is 13.4. The summed E-state index contributed by atoms with van der Waals surface area (Å²) in [5.74, 6) is 6.75. The second-order valence-electron chi connectivity index (χ2n) is 34.5. The number of amides is 1. The van der Waals surface area contributed by atoms with Crippen LogP contribution in [0.3, 0.4) is 0 Å². The van der Waals surface area contributed by atoms with E-state index in [1.54, 1.807) is 42.5 Å². The Hall–Kier alpha value is -12.6. The van der Waals surface area contributed by atoms with Crippen LogP contribution in [0, 0.1) is 0 Å². The Bertz CT molecular complexity index is 6390. The summed E-state index contributed by atoms with van der Waals surface area (Å²) >= 11 is 12.1. The molecule has 2 saturated heterocycles. The lowest BCUT2D eigenvalue weighted by atomic mass is 9.88. The summed E-state index contributed by atoms with van der Waals surface area (Å²) in [4.78, 5) is 77.0. The number of fused-ring (bicyclic) bond motifs is 4. The first-order chi connectivity index (χ1) is 62.8. The standard InChI is InChI=1S/C28H28N2O3.C27H26N2O6S.C26H26N2O3.C22H16Cl2N2O3/c31-27(28(13-14-28)21-9-12-25-26(17-21)33-19-32-25)18-22-5-4-6-24(29-22)20-7-10-23(11-8-20)30-15-2-1-3-16-30;30-26(27(10-11-27)20-6-9-24-25(16-20)35-18-34-24)17-21-2-1-3-23(28-21)19-4-7-22(8-5-19)36(31,32)29-12-14-33-15-13-29;1-28(2)16-18-6-3-4-8-21(18)22-9-5-7-20(27-22)15-25(29)26(12-13-26)19-10-11-23-24(14-19)31-17-30-23;23-15-6-4-13(10-16(15)24)17-2-1-3-20(25-17)26-21(27)22(8-9-22)14-5-7-18-19(11-14)29-12-28-18/h4-12,17H,1-3,13-16,18-19H2;1-9,16H,10-15,17-18H2;3-11,14H,12-13,15-17H2,1-2H3;1-7,10-11H,8-9,12H2,(H,25,26,27). The van der Waals surface area contributed by atoms with Gasteiger partial charge >= 0.3 is 0 Å². The van der Waals surface area contributed by atoms with Gasteiger partial charge in [0.2, 0.25) is 43.1 Å². The van der Waals surface area contributed by atoms with Crippen molar-refractivity contribution in [2.75, 3.05) is 90.9 Å². The van der Waals surface area contributed by atoms with Crippen molar-refractivity contribution in [2.45, 2.75) is 123 Å².